The van der Waals surface area contributed by atoms with E-state index in [1.807, 2.05) is 37.3 Å². The Hall–Kier alpha value is -1.52. The van der Waals surface area contributed by atoms with Gasteiger partial charge in [-0.05, 0) is 30.2 Å². The zero-order chi connectivity index (χ0) is 14.6. The van der Waals surface area contributed by atoms with Crippen LogP contribution in [0.5, 0.6) is 5.75 Å². The van der Waals surface area contributed by atoms with Gasteiger partial charge in [0.25, 0.3) is 9.05 Å². The number of ether oxygens (including phenoxy) is 1. The van der Waals surface area contributed by atoms with Crippen molar-refractivity contribution in [2.75, 3.05) is 6.61 Å². The van der Waals surface area contributed by atoms with Gasteiger partial charge in [0.2, 0.25) is 0 Å². The summed E-state index contributed by atoms with van der Waals surface area (Å²) in [6.07, 6.45) is 0.879. The standard InChI is InChI=1S/C15H15ClO3S/c1-2-10-19-15-9-8-13(20(16,17)18)11-14(15)12-6-4-3-5-7-12/h3-9,11H,2,10H2,1H3. The molecule has 3 nitrogen and oxygen atoms in total. The van der Waals surface area contributed by atoms with Crippen molar-refractivity contribution >= 4 is 19.7 Å². The summed E-state index contributed by atoms with van der Waals surface area (Å²) in [6, 6.07) is 14.1. The van der Waals surface area contributed by atoms with Crippen LogP contribution in [0.2, 0.25) is 0 Å². The van der Waals surface area contributed by atoms with Crippen molar-refractivity contribution in [3.63, 3.8) is 0 Å². The van der Waals surface area contributed by atoms with Gasteiger partial charge in [-0.3, -0.25) is 0 Å². The fourth-order valence-electron chi connectivity index (χ4n) is 1.84. The number of benzene rings is 2. The molecule has 2 aromatic rings. The maximum atomic E-state index is 11.5. The Kier molecular flexibility index (Phi) is 4.68. The minimum Gasteiger partial charge on any atom is -0.493 e. The molecule has 0 aliphatic rings. The van der Waals surface area contributed by atoms with E-state index >= 15 is 0 Å². The fourth-order valence-corrected chi connectivity index (χ4v) is 2.62. The molecule has 0 N–H and O–H groups in total. The van der Waals surface area contributed by atoms with Crippen molar-refractivity contribution in [1.29, 1.82) is 0 Å². The van der Waals surface area contributed by atoms with Gasteiger partial charge in [0, 0.05) is 16.2 Å². The van der Waals surface area contributed by atoms with Gasteiger partial charge in [-0.15, -0.1) is 0 Å². The quantitative estimate of drug-likeness (QED) is 0.782. The van der Waals surface area contributed by atoms with Crippen LogP contribution in [0.15, 0.2) is 53.4 Å². The first kappa shape index (κ1) is 14.9. The van der Waals surface area contributed by atoms with Crippen molar-refractivity contribution in [1.82, 2.24) is 0 Å². The van der Waals surface area contributed by atoms with Gasteiger partial charge in [-0.25, -0.2) is 8.42 Å². The molecule has 5 heteroatoms. The average Bonchev–Trinajstić information content (AvgIpc) is 2.45. The van der Waals surface area contributed by atoms with Crippen LogP contribution in [0, 0.1) is 0 Å². The number of rotatable bonds is 5. The lowest BCUT2D eigenvalue weighted by Crippen LogP contribution is -1.99. The lowest BCUT2D eigenvalue weighted by Gasteiger charge is -2.12. The van der Waals surface area contributed by atoms with Crippen molar-refractivity contribution in [2.45, 2.75) is 18.2 Å². The minimum absolute atomic E-state index is 0.0712. The normalized spacial score (nSPS) is 11.3. The van der Waals surface area contributed by atoms with Gasteiger partial charge in [0.1, 0.15) is 5.75 Å². The van der Waals surface area contributed by atoms with E-state index in [1.165, 1.54) is 6.07 Å². The zero-order valence-corrected chi connectivity index (χ0v) is 12.6. The van der Waals surface area contributed by atoms with Crippen LogP contribution in [0.1, 0.15) is 13.3 Å². The first-order valence-electron chi connectivity index (χ1n) is 6.29. The number of hydrogen-bond donors (Lipinski definition) is 0. The fraction of sp³-hybridized carbons (Fsp3) is 0.200. The average molecular weight is 311 g/mol. The zero-order valence-electron chi connectivity index (χ0n) is 11.0. The number of hydrogen-bond acceptors (Lipinski definition) is 3. The summed E-state index contributed by atoms with van der Waals surface area (Å²) in [5.74, 6) is 0.655. The highest BCUT2D eigenvalue weighted by molar-refractivity contribution is 8.13. The van der Waals surface area contributed by atoms with Crippen LogP contribution in [0.3, 0.4) is 0 Å². The SMILES string of the molecule is CCCOc1ccc(S(=O)(=O)Cl)cc1-c1ccccc1. The Balaban J connectivity index is 2.54. The number of halogens is 1. The van der Waals surface area contributed by atoms with Crippen molar-refractivity contribution in [3.8, 4) is 16.9 Å². The molecule has 0 aliphatic carbocycles. The van der Waals surface area contributed by atoms with Gasteiger partial charge in [-0.1, -0.05) is 37.3 Å². The summed E-state index contributed by atoms with van der Waals surface area (Å²) in [7, 11) is 1.65. The largest absolute Gasteiger partial charge is 0.493 e. The Morgan fingerprint density at radius 3 is 2.40 bits per heavy atom. The van der Waals surface area contributed by atoms with Crippen LogP contribution in [-0.4, -0.2) is 15.0 Å². The predicted octanol–water partition coefficient (Wildman–Crippen LogP) is 4.07. The second kappa shape index (κ2) is 6.29. The van der Waals surface area contributed by atoms with Crippen LogP contribution in [0.4, 0.5) is 0 Å². The van der Waals surface area contributed by atoms with E-state index in [2.05, 4.69) is 0 Å². The first-order chi connectivity index (χ1) is 9.52. The highest BCUT2D eigenvalue weighted by Crippen LogP contribution is 2.33. The van der Waals surface area contributed by atoms with Crippen molar-refractivity contribution < 1.29 is 13.2 Å². The maximum Gasteiger partial charge on any atom is 0.261 e. The highest BCUT2D eigenvalue weighted by Gasteiger charge is 2.14. The second-order valence-corrected chi connectivity index (χ2v) is 6.88. The minimum atomic E-state index is -3.75. The molecule has 20 heavy (non-hydrogen) atoms. The molecule has 106 valence electrons. The molecule has 2 aromatic carbocycles. The Morgan fingerprint density at radius 1 is 1.10 bits per heavy atom. The molecular formula is C15H15ClO3S. The van der Waals surface area contributed by atoms with Crippen molar-refractivity contribution in [2.24, 2.45) is 0 Å². The molecule has 0 heterocycles. The van der Waals surface area contributed by atoms with E-state index in [9.17, 15) is 8.42 Å². The molecule has 0 atom stereocenters. The third kappa shape index (κ3) is 3.52. The molecule has 0 fully saturated rings. The third-order valence-electron chi connectivity index (χ3n) is 2.78. The van der Waals surface area contributed by atoms with Crippen LogP contribution in [-0.2, 0) is 9.05 Å². The topological polar surface area (TPSA) is 43.4 Å². The molecule has 0 aliphatic heterocycles. The van der Waals surface area contributed by atoms with Crippen LogP contribution < -0.4 is 4.74 Å². The monoisotopic (exact) mass is 310 g/mol. The second-order valence-electron chi connectivity index (χ2n) is 4.31. The van der Waals surface area contributed by atoms with E-state index in [0.29, 0.717) is 12.4 Å². The van der Waals surface area contributed by atoms with Gasteiger partial charge >= 0.3 is 0 Å². The Bertz CT molecular complexity index is 682. The summed E-state index contributed by atoms with van der Waals surface area (Å²) in [4.78, 5) is 0.0712. The van der Waals surface area contributed by atoms with Crippen molar-refractivity contribution in [3.05, 3.63) is 48.5 Å². The van der Waals surface area contributed by atoms with Crippen LogP contribution in [0.25, 0.3) is 11.1 Å². The Labute approximate surface area is 123 Å². The molecular weight excluding hydrogens is 296 g/mol. The van der Waals surface area contributed by atoms with Gasteiger partial charge < -0.3 is 4.74 Å². The highest BCUT2D eigenvalue weighted by atomic mass is 35.7. The Morgan fingerprint density at radius 2 is 1.80 bits per heavy atom. The lowest BCUT2D eigenvalue weighted by molar-refractivity contribution is 0.318. The predicted molar refractivity (Wildman–Crippen MR) is 80.7 cm³/mol. The summed E-state index contributed by atoms with van der Waals surface area (Å²) >= 11 is 0. The molecule has 0 amide bonds. The first-order valence-corrected chi connectivity index (χ1v) is 8.60. The van der Waals surface area contributed by atoms with E-state index < -0.39 is 9.05 Å². The molecule has 0 spiro atoms. The van der Waals surface area contributed by atoms with Crippen LogP contribution >= 0.6 is 10.7 Å². The third-order valence-corrected chi connectivity index (χ3v) is 4.13. The van der Waals surface area contributed by atoms with Gasteiger partial charge in [0.05, 0.1) is 11.5 Å². The van der Waals surface area contributed by atoms with Gasteiger partial charge in [0.15, 0.2) is 0 Å². The summed E-state index contributed by atoms with van der Waals surface area (Å²) in [5.41, 5.74) is 1.61. The molecule has 0 aromatic heterocycles. The lowest BCUT2D eigenvalue weighted by atomic mass is 10.0. The van der Waals surface area contributed by atoms with E-state index in [1.54, 1.807) is 12.1 Å². The van der Waals surface area contributed by atoms with Gasteiger partial charge in [-0.2, -0.15) is 0 Å². The van der Waals surface area contributed by atoms with E-state index in [-0.39, 0.29) is 4.90 Å². The molecule has 0 radical (unpaired) electrons. The van der Waals surface area contributed by atoms with E-state index in [0.717, 1.165) is 17.5 Å². The molecule has 0 saturated heterocycles. The summed E-state index contributed by atoms with van der Waals surface area (Å²) in [5, 5.41) is 0. The van der Waals surface area contributed by atoms with E-state index in [4.69, 9.17) is 15.4 Å². The smallest absolute Gasteiger partial charge is 0.261 e. The molecule has 0 unspecified atom stereocenters. The summed E-state index contributed by atoms with van der Waals surface area (Å²) < 4.78 is 28.6. The summed E-state index contributed by atoms with van der Waals surface area (Å²) in [6.45, 7) is 2.59. The molecule has 0 bridgehead atoms. The molecule has 0 saturated carbocycles. The molecule has 2 rings (SSSR count). The maximum absolute atomic E-state index is 11.5.